The highest BCUT2D eigenvalue weighted by molar-refractivity contribution is 5.79. The lowest BCUT2D eigenvalue weighted by Crippen LogP contribution is -2.49. The zero-order valence-corrected chi connectivity index (χ0v) is 12.8. The van der Waals surface area contributed by atoms with Gasteiger partial charge in [0, 0.05) is 32.1 Å². The van der Waals surface area contributed by atoms with Crippen molar-refractivity contribution in [2.75, 3.05) is 32.8 Å². The maximum absolute atomic E-state index is 12.1. The third-order valence-electron chi connectivity index (χ3n) is 3.99. The van der Waals surface area contributed by atoms with E-state index in [1.165, 1.54) is 0 Å². The van der Waals surface area contributed by atoms with Crippen LogP contribution < -0.4 is 5.32 Å². The molecule has 1 amide bonds. The fourth-order valence-corrected chi connectivity index (χ4v) is 2.98. The molecule has 2 atom stereocenters. The molecule has 1 aliphatic heterocycles. The van der Waals surface area contributed by atoms with Crippen LogP contribution in [0.1, 0.15) is 33.1 Å². The molecular weight excluding hydrogens is 252 g/mol. The number of rotatable bonds is 5. The molecule has 0 radical (unpaired) electrons. The van der Waals surface area contributed by atoms with Crippen molar-refractivity contribution in [1.82, 2.24) is 10.2 Å². The number of ether oxygens (including phenoxy) is 1. The number of carbonyl (C=O) groups is 1. The first-order valence-corrected chi connectivity index (χ1v) is 7.92. The predicted octanol–water partition coefficient (Wildman–Crippen LogP) is 1.82. The van der Waals surface area contributed by atoms with E-state index < -0.39 is 0 Å². The molecule has 1 aliphatic carbocycles. The quantitative estimate of drug-likeness (QED) is 0.781. The van der Waals surface area contributed by atoms with Crippen molar-refractivity contribution in [2.45, 2.75) is 39.2 Å². The maximum atomic E-state index is 12.1. The number of hydrogen-bond acceptors (Lipinski definition) is 3. The summed E-state index contributed by atoms with van der Waals surface area (Å²) in [6.07, 6.45) is 7.32. The van der Waals surface area contributed by atoms with Crippen LogP contribution in [0.2, 0.25) is 0 Å². The molecular formula is C16H28N2O2. The van der Waals surface area contributed by atoms with E-state index in [0.717, 1.165) is 45.5 Å². The summed E-state index contributed by atoms with van der Waals surface area (Å²) in [7, 11) is 0. The van der Waals surface area contributed by atoms with E-state index in [4.69, 9.17) is 4.74 Å². The molecule has 20 heavy (non-hydrogen) atoms. The second kappa shape index (κ2) is 7.79. The van der Waals surface area contributed by atoms with Gasteiger partial charge in [-0.3, -0.25) is 9.69 Å². The number of allylic oxidation sites excluding steroid dienone is 2. The highest BCUT2D eigenvalue weighted by atomic mass is 16.5. The van der Waals surface area contributed by atoms with Gasteiger partial charge in [-0.25, -0.2) is 0 Å². The van der Waals surface area contributed by atoms with Gasteiger partial charge in [0.15, 0.2) is 0 Å². The third-order valence-corrected chi connectivity index (χ3v) is 3.99. The van der Waals surface area contributed by atoms with E-state index >= 15 is 0 Å². The Morgan fingerprint density at radius 1 is 1.45 bits per heavy atom. The normalized spacial score (nSPS) is 27.8. The molecule has 2 rings (SSSR count). The Morgan fingerprint density at radius 3 is 3.00 bits per heavy atom. The molecule has 2 aliphatic rings. The summed E-state index contributed by atoms with van der Waals surface area (Å²) in [5.41, 5.74) is 0. The van der Waals surface area contributed by atoms with Gasteiger partial charge in [0.1, 0.15) is 0 Å². The molecule has 1 saturated heterocycles. The highest BCUT2D eigenvalue weighted by Crippen LogP contribution is 2.18. The van der Waals surface area contributed by atoms with Gasteiger partial charge in [-0.2, -0.15) is 0 Å². The van der Waals surface area contributed by atoms with Crippen LogP contribution in [0.5, 0.6) is 0 Å². The van der Waals surface area contributed by atoms with Crippen molar-refractivity contribution in [3.05, 3.63) is 12.2 Å². The molecule has 2 unspecified atom stereocenters. The van der Waals surface area contributed by atoms with Crippen molar-refractivity contribution in [1.29, 1.82) is 0 Å². The molecule has 114 valence electrons. The summed E-state index contributed by atoms with van der Waals surface area (Å²) in [5, 5.41) is 3.07. The second-order valence-electron chi connectivity index (χ2n) is 6.37. The zero-order valence-electron chi connectivity index (χ0n) is 12.8. The zero-order chi connectivity index (χ0) is 14.4. The average molecular weight is 280 g/mol. The van der Waals surface area contributed by atoms with Crippen molar-refractivity contribution in [2.24, 2.45) is 11.8 Å². The fraction of sp³-hybridized carbons (Fsp3) is 0.812. The number of morpholine rings is 1. The van der Waals surface area contributed by atoms with Crippen LogP contribution in [0.15, 0.2) is 12.2 Å². The Hall–Kier alpha value is -0.870. The van der Waals surface area contributed by atoms with E-state index in [9.17, 15) is 4.79 Å². The summed E-state index contributed by atoms with van der Waals surface area (Å²) < 4.78 is 5.76. The van der Waals surface area contributed by atoms with Crippen molar-refractivity contribution in [3.63, 3.8) is 0 Å². The summed E-state index contributed by atoms with van der Waals surface area (Å²) >= 11 is 0. The van der Waals surface area contributed by atoms with E-state index in [1.807, 2.05) is 0 Å². The minimum atomic E-state index is 0.144. The lowest BCUT2D eigenvalue weighted by atomic mass is 9.93. The maximum Gasteiger partial charge on any atom is 0.223 e. The molecule has 0 aromatic heterocycles. The smallest absolute Gasteiger partial charge is 0.223 e. The van der Waals surface area contributed by atoms with E-state index in [-0.39, 0.29) is 17.9 Å². The molecule has 0 aromatic carbocycles. The van der Waals surface area contributed by atoms with Crippen molar-refractivity contribution >= 4 is 5.91 Å². The molecule has 0 saturated carbocycles. The number of carbonyl (C=O) groups excluding carboxylic acids is 1. The minimum absolute atomic E-state index is 0.144. The fourth-order valence-electron chi connectivity index (χ4n) is 2.98. The summed E-state index contributed by atoms with van der Waals surface area (Å²) in [4.78, 5) is 14.5. The topological polar surface area (TPSA) is 41.6 Å². The number of nitrogens with one attached hydrogen (secondary N) is 1. The highest BCUT2D eigenvalue weighted by Gasteiger charge is 2.23. The first-order valence-electron chi connectivity index (χ1n) is 7.92. The lowest BCUT2D eigenvalue weighted by Gasteiger charge is -2.34. The molecule has 0 aromatic rings. The van der Waals surface area contributed by atoms with Crippen LogP contribution in [0.3, 0.4) is 0 Å². The van der Waals surface area contributed by atoms with Gasteiger partial charge in [0.2, 0.25) is 5.91 Å². The molecule has 1 heterocycles. The van der Waals surface area contributed by atoms with Crippen molar-refractivity contribution in [3.8, 4) is 0 Å². The van der Waals surface area contributed by atoms with Gasteiger partial charge in [0.05, 0.1) is 12.7 Å². The standard InChI is InChI=1S/C16H28N2O2/c1-13(2)11-18-8-9-20-15(12-18)10-17-16(19)14-6-4-3-5-7-14/h3-4,13-15H,5-12H2,1-2H3,(H,17,19). The van der Waals surface area contributed by atoms with Gasteiger partial charge in [-0.05, 0) is 25.2 Å². The van der Waals surface area contributed by atoms with Gasteiger partial charge in [-0.1, -0.05) is 26.0 Å². The third kappa shape index (κ3) is 4.91. The van der Waals surface area contributed by atoms with Gasteiger partial charge >= 0.3 is 0 Å². The van der Waals surface area contributed by atoms with Crippen LogP contribution >= 0.6 is 0 Å². The largest absolute Gasteiger partial charge is 0.374 e. The Bertz CT molecular complexity index is 341. The first kappa shape index (κ1) is 15.5. The molecule has 0 spiro atoms. The van der Waals surface area contributed by atoms with Gasteiger partial charge < -0.3 is 10.1 Å². The molecule has 0 bridgehead atoms. The van der Waals surface area contributed by atoms with Crippen LogP contribution in [-0.2, 0) is 9.53 Å². The van der Waals surface area contributed by atoms with Crippen LogP contribution in [0.25, 0.3) is 0 Å². The Kier molecular flexibility index (Phi) is 6.05. The van der Waals surface area contributed by atoms with Gasteiger partial charge in [0.25, 0.3) is 0 Å². The molecule has 1 fully saturated rings. The van der Waals surface area contributed by atoms with Crippen LogP contribution in [-0.4, -0.2) is 49.7 Å². The summed E-state index contributed by atoms with van der Waals surface area (Å²) in [6, 6.07) is 0. The Labute approximate surface area is 122 Å². The predicted molar refractivity (Wildman–Crippen MR) is 80.5 cm³/mol. The number of nitrogens with zero attached hydrogens (tertiary/aromatic N) is 1. The molecule has 1 N–H and O–H groups in total. The van der Waals surface area contributed by atoms with Crippen LogP contribution in [0.4, 0.5) is 0 Å². The molecule has 4 nitrogen and oxygen atoms in total. The van der Waals surface area contributed by atoms with E-state index in [2.05, 4.69) is 36.2 Å². The van der Waals surface area contributed by atoms with Crippen molar-refractivity contribution < 1.29 is 9.53 Å². The summed E-state index contributed by atoms with van der Waals surface area (Å²) in [6.45, 7) is 8.96. The van der Waals surface area contributed by atoms with Gasteiger partial charge in [-0.15, -0.1) is 0 Å². The second-order valence-corrected chi connectivity index (χ2v) is 6.37. The monoisotopic (exact) mass is 280 g/mol. The Morgan fingerprint density at radius 2 is 2.30 bits per heavy atom. The lowest BCUT2D eigenvalue weighted by molar-refractivity contribution is -0.126. The molecule has 4 heteroatoms. The number of amides is 1. The average Bonchev–Trinajstić information content (AvgIpc) is 2.45. The van der Waals surface area contributed by atoms with E-state index in [1.54, 1.807) is 0 Å². The minimum Gasteiger partial charge on any atom is -0.374 e. The summed E-state index contributed by atoms with van der Waals surface area (Å²) in [5.74, 6) is 1.03. The van der Waals surface area contributed by atoms with E-state index in [0.29, 0.717) is 12.5 Å². The number of hydrogen-bond donors (Lipinski definition) is 1. The van der Waals surface area contributed by atoms with Crippen LogP contribution in [0, 0.1) is 11.8 Å². The first-order chi connectivity index (χ1) is 9.65. The Balaban J connectivity index is 1.70. The SMILES string of the molecule is CC(C)CN1CCOC(CNC(=O)C2CC=CCC2)C1.